The molecule has 0 spiro atoms. The molecule has 28 heavy (non-hydrogen) atoms. The lowest BCUT2D eigenvalue weighted by Crippen LogP contribution is -2.28. The second-order valence-electron chi connectivity index (χ2n) is 8.54. The number of ether oxygens (including phenoxy) is 3. The lowest BCUT2D eigenvalue weighted by Gasteiger charge is -2.26. The Bertz CT molecular complexity index is 261. The van der Waals surface area contributed by atoms with Crippen molar-refractivity contribution in [2.24, 2.45) is 17.8 Å². The van der Waals surface area contributed by atoms with Crippen molar-refractivity contribution < 1.29 is 14.2 Å². The average Bonchev–Trinajstić information content (AvgIpc) is 2.73. The molecule has 0 N–H and O–H groups in total. The summed E-state index contributed by atoms with van der Waals surface area (Å²) in [6.07, 6.45) is 14.8. The number of hydrogen-bond donors (Lipinski definition) is 0. The molecular weight excluding hydrogens is 348 g/mol. The van der Waals surface area contributed by atoms with Gasteiger partial charge in [0.05, 0.1) is 19.8 Å². The van der Waals surface area contributed by atoms with E-state index in [-0.39, 0.29) is 0 Å². The molecule has 0 aromatic rings. The average molecular weight is 401 g/mol. The van der Waals surface area contributed by atoms with Crippen LogP contribution in [0.5, 0.6) is 0 Å². The Morgan fingerprint density at radius 3 is 0.964 bits per heavy atom. The highest BCUT2D eigenvalue weighted by atomic mass is 16.8. The van der Waals surface area contributed by atoms with Crippen molar-refractivity contribution in [3.05, 3.63) is 0 Å². The van der Waals surface area contributed by atoms with E-state index in [1.807, 2.05) is 0 Å². The Labute approximate surface area is 177 Å². The van der Waals surface area contributed by atoms with Crippen LogP contribution in [-0.2, 0) is 14.2 Å². The Morgan fingerprint density at radius 2 is 0.750 bits per heavy atom. The van der Waals surface area contributed by atoms with Crippen molar-refractivity contribution in [1.29, 1.82) is 0 Å². The van der Waals surface area contributed by atoms with Crippen molar-refractivity contribution in [3.8, 4) is 0 Å². The van der Waals surface area contributed by atoms with Gasteiger partial charge in [-0.3, -0.25) is 0 Å². The first-order valence-corrected chi connectivity index (χ1v) is 12.5. The summed E-state index contributed by atoms with van der Waals surface area (Å²) < 4.78 is 18.4. The molecule has 3 nitrogen and oxygen atoms in total. The van der Waals surface area contributed by atoms with Gasteiger partial charge >= 0.3 is 0 Å². The lowest BCUT2D eigenvalue weighted by molar-refractivity contribution is -0.299. The van der Waals surface area contributed by atoms with Gasteiger partial charge in [-0.25, -0.2) is 0 Å². The highest BCUT2D eigenvalue weighted by Crippen LogP contribution is 2.19. The molecule has 170 valence electrons. The maximum atomic E-state index is 6.15. The quantitative estimate of drug-likeness (QED) is 0.183. The Balaban J connectivity index is 4.60. The van der Waals surface area contributed by atoms with E-state index in [9.17, 15) is 0 Å². The van der Waals surface area contributed by atoms with E-state index in [0.717, 1.165) is 39.1 Å². The molecule has 0 aromatic heterocycles. The molecule has 0 rings (SSSR count). The normalized spacial score (nSPS) is 16.1. The minimum Gasteiger partial charge on any atom is -0.330 e. The molecule has 0 radical (unpaired) electrons. The summed E-state index contributed by atoms with van der Waals surface area (Å²) in [6, 6.07) is 0. The molecule has 0 fully saturated rings. The summed E-state index contributed by atoms with van der Waals surface area (Å²) in [5, 5.41) is 0. The fourth-order valence-corrected chi connectivity index (χ4v) is 3.48. The monoisotopic (exact) mass is 400 g/mol. The lowest BCUT2D eigenvalue weighted by atomic mass is 10.0. The van der Waals surface area contributed by atoms with Crippen molar-refractivity contribution in [2.45, 2.75) is 125 Å². The molecule has 3 atom stereocenters. The molecular formula is C25H52O3. The standard InChI is InChI=1S/C25H52O3/c1-7-13-16-22(10-4)19-26-25(27-20-23(11-5)17-14-8-2)28-21-24(12-6)18-15-9-3/h22-25H,7-21H2,1-6H3. The zero-order valence-corrected chi connectivity index (χ0v) is 20.1. The van der Waals surface area contributed by atoms with Crippen LogP contribution in [0.4, 0.5) is 0 Å². The summed E-state index contributed by atoms with van der Waals surface area (Å²) in [6.45, 7) is 15.3. The van der Waals surface area contributed by atoms with Gasteiger partial charge in [-0.1, -0.05) is 99.3 Å². The zero-order chi connectivity index (χ0) is 21.0. The van der Waals surface area contributed by atoms with Gasteiger partial charge in [-0.15, -0.1) is 0 Å². The maximum absolute atomic E-state index is 6.15. The summed E-state index contributed by atoms with van der Waals surface area (Å²) in [4.78, 5) is 0. The third-order valence-corrected chi connectivity index (χ3v) is 6.03. The minimum atomic E-state index is -0.498. The van der Waals surface area contributed by atoms with Crippen LogP contribution >= 0.6 is 0 Å². The van der Waals surface area contributed by atoms with Crippen LogP contribution in [0.3, 0.4) is 0 Å². The van der Waals surface area contributed by atoms with Crippen molar-refractivity contribution in [1.82, 2.24) is 0 Å². The topological polar surface area (TPSA) is 27.7 Å². The van der Waals surface area contributed by atoms with Gasteiger partial charge in [0.1, 0.15) is 0 Å². The molecule has 0 heterocycles. The smallest absolute Gasteiger partial charge is 0.271 e. The van der Waals surface area contributed by atoms with Crippen LogP contribution in [0.15, 0.2) is 0 Å². The van der Waals surface area contributed by atoms with E-state index in [0.29, 0.717) is 17.8 Å². The SMILES string of the molecule is CCCCC(CC)COC(OCC(CC)CCCC)OCC(CC)CCCC. The second-order valence-corrected chi connectivity index (χ2v) is 8.54. The van der Waals surface area contributed by atoms with E-state index in [1.54, 1.807) is 0 Å². The third kappa shape index (κ3) is 14.8. The molecule has 0 amide bonds. The molecule has 0 aromatic carbocycles. The first kappa shape index (κ1) is 27.9. The van der Waals surface area contributed by atoms with Gasteiger partial charge in [0.2, 0.25) is 0 Å². The van der Waals surface area contributed by atoms with Gasteiger partial charge in [-0.2, -0.15) is 0 Å². The van der Waals surface area contributed by atoms with Gasteiger partial charge in [0.15, 0.2) is 0 Å². The number of hydrogen-bond acceptors (Lipinski definition) is 3. The molecule has 0 aliphatic rings. The number of unbranched alkanes of at least 4 members (excludes halogenated alkanes) is 3. The van der Waals surface area contributed by atoms with Crippen LogP contribution in [0.1, 0.15) is 119 Å². The molecule has 0 saturated carbocycles. The van der Waals surface area contributed by atoms with E-state index in [1.165, 1.54) is 57.8 Å². The van der Waals surface area contributed by atoms with Gasteiger partial charge in [0, 0.05) is 0 Å². The van der Waals surface area contributed by atoms with E-state index >= 15 is 0 Å². The van der Waals surface area contributed by atoms with Crippen LogP contribution in [0.25, 0.3) is 0 Å². The predicted molar refractivity (Wildman–Crippen MR) is 122 cm³/mol. The summed E-state index contributed by atoms with van der Waals surface area (Å²) in [5.41, 5.74) is 0. The third-order valence-electron chi connectivity index (χ3n) is 6.03. The second kappa shape index (κ2) is 20.2. The molecule has 0 bridgehead atoms. The maximum Gasteiger partial charge on any atom is 0.271 e. The van der Waals surface area contributed by atoms with Gasteiger partial charge < -0.3 is 14.2 Å². The molecule has 3 unspecified atom stereocenters. The molecule has 3 heteroatoms. The Morgan fingerprint density at radius 1 is 0.464 bits per heavy atom. The van der Waals surface area contributed by atoms with Crippen LogP contribution in [-0.4, -0.2) is 26.3 Å². The highest BCUT2D eigenvalue weighted by molar-refractivity contribution is 4.59. The Hall–Kier alpha value is -0.120. The van der Waals surface area contributed by atoms with Crippen molar-refractivity contribution >= 4 is 0 Å². The largest absolute Gasteiger partial charge is 0.330 e. The fraction of sp³-hybridized carbons (Fsp3) is 1.00. The zero-order valence-electron chi connectivity index (χ0n) is 20.1. The fourth-order valence-electron chi connectivity index (χ4n) is 3.48. The molecule has 0 aliphatic carbocycles. The van der Waals surface area contributed by atoms with Gasteiger partial charge in [-0.05, 0) is 37.0 Å². The highest BCUT2D eigenvalue weighted by Gasteiger charge is 2.18. The van der Waals surface area contributed by atoms with Crippen molar-refractivity contribution in [3.63, 3.8) is 0 Å². The van der Waals surface area contributed by atoms with Crippen molar-refractivity contribution in [2.75, 3.05) is 19.8 Å². The predicted octanol–water partition coefficient (Wildman–Crippen LogP) is 7.97. The summed E-state index contributed by atoms with van der Waals surface area (Å²) in [7, 11) is 0. The van der Waals surface area contributed by atoms with E-state index in [4.69, 9.17) is 14.2 Å². The first-order chi connectivity index (χ1) is 13.6. The minimum absolute atomic E-state index is 0.498. The van der Waals surface area contributed by atoms with E-state index in [2.05, 4.69) is 41.5 Å². The Kier molecular flexibility index (Phi) is 20.1. The summed E-state index contributed by atoms with van der Waals surface area (Å²) in [5.74, 6) is 1.83. The van der Waals surface area contributed by atoms with Crippen LogP contribution in [0.2, 0.25) is 0 Å². The van der Waals surface area contributed by atoms with Crippen LogP contribution < -0.4 is 0 Å². The molecule has 0 saturated heterocycles. The van der Waals surface area contributed by atoms with Crippen LogP contribution in [0, 0.1) is 17.8 Å². The van der Waals surface area contributed by atoms with E-state index < -0.39 is 6.48 Å². The molecule has 0 aliphatic heterocycles. The summed E-state index contributed by atoms with van der Waals surface area (Å²) >= 11 is 0. The number of rotatable bonds is 21. The van der Waals surface area contributed by atoms with Gasteiger partial charge in [0.25, 0.3) is 6.48 Å². The first-order valence-electron chi connectivity index (χ1n) is 12.5.